The zero-order chi connectivity index (χ0) is 18.9. The first kappa shape index (κ1) is 20.8. The predicted molar refractivity (Wildman–Crippen MR) is 99.3 cm³/mol. The Balaban J connectivity index is 0.000000257. The first-order valence-electron chi connectivity index (χ1n) is 6.78. The van der Waals surface area contributed by atoms with E-state index in [4.69, 9.17) is 15.5 Å². The van der Waals surface area contributed by atoms with E-state index in [1.807, 2.05) is 31.2 Å². The summed E-state index contributed by atoms with van der Waals surface area (Å²) >= 11 is 3.32. The van der Waals surface area contributed by atoms with Crippen molar-refractivity contribution < 1.29 is 18.2 Å². The molecule has 0 aliphatic rings. The summed E-state index contributed by atoms with van der Waals surface area (Å²) in [7, 11) is -4.02. The molecule has 0 aliphatic heterocycles. The van der Waals surface area contributed by atoms with Gasteiger partial charge in [-0.3, -0.25) is 9.76 Å². The fourth-order valence-corrected chi connectivity index (χ4v) is 2.37. The molecule has 0 saturated heterocycles. The molecule has 5 N–H and O–H groups in total. The van der Waals surface area contributed by atoms with Gasteiger partial charge in [0.2, 0.25) is 5.96 Å². The molecule has 10 heteroatoms. The van der Waals surface area contributed by atoms with Crippen LogP contribution >= 0.6 is 15.9 Å². The Labute approximate surface area is 153 Å². The van der Waals surface area contributed by atoms with Crippen LogP contribution in [0.2, 0.25) is 0 Å². The van der Waals surface area contributed by atoms with Crippen LogP contribution in [0.1, 0.15) is 11.1 Å². The van der Waals surface area contributed by atoms with Crippen LogP contribution in [0.5, 0.6) is 0 Å². The van der Waals surface area contributed by atoms with Gasteiger partial charge in [-0.15, -0.1) is 5.10 Å². The van der Waals surface area contributed by atoms with E-state index in [2.05, 4.69) is 26.1 Å². The van der Waals surface area contributed by atoms with Crippen molar-refractivity contribution in [2.45, 2.75) is 11.8 Å². The lowest BCUT2D eigenvalue weighted by Gasteiger charge is -1.95. The number of benzene rings is 2. The number of aryl methyl sites for hydroxylation is 1. The summed E-state index contributed by atoms with van der Waals surface area (Å²) in [6.07, 6.45) is 1.52. The Kier molecular flexibility index (Phi) is 8.22. The predicted octanol–water partition coefficient (Wildman–Crippen LogP) is 2.32. The van der Waals surface area contributed by atoms with E-state index in [0.29, 0.717) is 0 Å². The van der Waals surface area contributed by atoms with Gasteiger partial charge in [0.05, 0.1) is 11.1 Å². The summed E-state index contributed by atoms with van der Waals surface area (Å²) in [5, 5.41) is 15.4. The maximum absolute atomic E-state index is 10.5. The number of hydroxylamine groups is 1. The van der Waals surface area contributed by atoms with Gasteiger partial charge < -0.3 is 5.73 Å². The number of nitrogens with zero attached hydrogens (tertiary/aromatic N) is 2. The standard InChI is InChI=1S/C8H9BrN4O.C7H8O3S/c9-7-3-1-2-6(4-7)5-11-12-8(10)13-14;1-6-2-4-7(5-3-6)11(8,9)10/h1-5,14H,(H3,10,12,13);2-5H,1H3,(H,8,9,10)/b11-5+;. The van der Waals surface area contributed by atoms with E-state index in [1.165, 1.54) is 18.3 Å². The zero-order valence-corrected chi connectivity index (χ0v) is 15.6. The van der Waals surface area contributed by atoms with Crippen molar-refractivity contribution in [3.8, 4) is 0 Å². The highest BCUT2D eigenvalue weighted by atomic mass is 79.9. The van der Waals surface area contributed by atoms with Gasteiger partial charge in [-0.05, 0) is 36.8 Å². The Morgan fingerprint density at radius 1 is 1.24 bits per heavy atom. The van der Waals surface area contributed by atoms with E-state index in [-0.39, 0.29) is 10.9 Å². The molecule has 0 atom stereocenters. The third kappa shape index (κ3) is 8.40. The summed E-state index contributed by atoms with van der Waals surface area (Å²) in [6.45, 7) is 1.84. The lowest BCUT2D eigenvalue weighted by molar-refractivity contribution is 0.232. The molecular formula is C15H17BrN4O4S. The molecular weight excluding hydrogens is 412 g/mol. The third-order valence-corrected chi connectivity index (χ3v) is 4.02. The van der Waals surface area contributed by atoms with Crippen molar-refractivity contribution >= 4 is 38.2 Å². The lowest BCUT2D eigenvalue weighted by atomic mass is 10.2. The fraction of sp³-hybridized carbons (Fsp3) is 0.0667. The van der Waals surface area contributed by atoms with Crippen LogP contribution < -0.4 is 11.2 Å². The second-order valence-electron chi connectivity index (χ2n) is 4.68. The Morgan fingerprint density at radius 2 is 1.88 bits per heavy atom. The van der Waals surface area contributed by atoms with Crippen LogP contribution in [-0.4, -0.2) is 30.4 Å². The van der Waals surface area contributed by atoms with Crippen molar-refractivity contribution in [2.24, 2.45) is 15.9 Å². The van der Waals surface area contributed by atoms with E-state index in [9.17, 15) is 8.42 Å². The average Bonchev–Trinajstić information content (AvgIpc) is 2.55. The molecule has 0 aliphatic carbocycles. The molecule has 0 unspecified atom stereocenters. The highest BCUT2D eigenvalue weighted by Gasteiger charge is 2.06. The average molecular weight is 429 g/mol. The molecule has 0 bridgehead atoms. The van der Waals surface area contributed by atoms with E-state index < -0.39 is 10.1 Å². The second-order valence-corrected chi connectivity index (χ2v) is 7.02. The Hall–Kier alpha value is -2.27. The monoisotopic (exact) mass is 428 g/mol. The third-order valence-electron chi connectivity index (χ3n) is 2.65. The number of guanidine groups is 1. The topological polar surface area (TPSA) is 137 Å². The van der Waals surface area contributed by atoms with Gasteiger partial charge in [-0.1, -0.05) is 45.8 Å². The zero-order valence-electron chi connectivity index (χ0n) is 13.2. The summed E-state index contributed by atoms with van der Waals surface area (Å²) in [5.41, 5.74) is 8.64. The minimum atomic E-state index is -4.02. The van der Waals surface area contributed by atoms with Crippen LogP contribution in [0.15, 0.2) is 68.1 Å². The van der Waals surface area contributed by atoms with Crippen molar-refractivity contribution in [3.05, 3.63) is 64.1 Å². The van der Waals surface area contributed by atoms with Gasteiger partial charge in [0.15, 0.2) is 0 Å². The number of rotatable bonds is 3. The van der Waals surface area contributed by atoms with Gasteiger partial charge >= 0.3 is 0 Å². The van der Waals surface area contributed by atoms with Gasteiger partial charge in [-0.2, -0.15) is 13.5 Å². The molecule has 0 radical (unpaired) electrons. The van der Waals surface area contributed by atoms with E-state index in [1.54, 1.807) is 17.6 Å². The molecule has 0 aromatic heterocycles. The number of nitrogens with one attached hydrogen (secondary N) is 1. The number of nitrogens with two attached hydrogens (primary N) is 1. The minimum absolute atomic E-state index is 0.0666. The van der Waals surface area contributed by atoms with E-state index >= 15 is 0 Å². The lowest BCUT2D eigenvalue weighted by Crippen LogP contribution is -2.27. The molecule has 2 aromatic rings. The molecule has 134 valence electrons. The van der Waals surface area contributed by atoms with Crippen LogP contribution in [0.4, 0.5) is 0 Å². The highest BCUT2D eigenvalue weighted by Crippen LogP contribution is 2.10. The first-order chi connectivity index (χ1) is 11.7. The van der Waals surface area contributed by atoms with Gasteiger partial charge in [0.25, 0.3) is 10.1 Å². The van der Waals surface area contributed by atoms with Crippen molar-refractivity contribution in [1.82, 2.24) is 5.48 Å². The molecule has 8 nitrogen and oxygen atoms in total. The van der Waals surface area contributed by atoms with E-state index in [0.717, 1.165) is 15.6 Å². The Bertz CT molecular complexity index is 852. The number of hydrogen-bond acceptors (Lipinski definition) is 5. The number of halogens is 1. The maximum Gasteiger partial charge on any atom is 0.294 e. The SMILES string of the molecule is Cc1ccc(S(=O)(=O)O)cc1.N/C(=N\N=C\c1cccc(Br)c1)NO. The highest BCUT2D eigenvalue weighted by molar-refractivity contribution is 9.10. The van der Waals surface area contributed by atoms with Crippen LogP contribution in [0.25, 0.3) is 0 Å². The summed E-state index contributed by atoms with van der Waals surface area (Å²) in [6, 6.07) is 13.5. The van der Waals surface area contributed by atoms with Crippen molar-refractivity contribution in [1.29, 1.82) is 0 Å². The molecule has 0 spiro atoms. The molecule has 0 saturated carbocycles. The fourth-order valence-electron chi connectivity index (χ4n) is 1.48. The van der Waals surface area contributed by atoms with Gasteiger partial charge in [0.1, 0.15) is 0 Å². The van der Waals surface area contributed by atoms with Crippen molar-refractivity contribution in [2.75, 3.05) is 0 Å². The molecule has 2 rings (SSSR count). The summed E-state index contributed by atoms with van der Waals surface area (Å²) in [4.78, 5) is -0.0666. The van der Waals surface area contributed by atoms with Gasteiger partial charge in [0, 0.05) is 4.47 Å². The quantitative estimate of drug-likeness (QED) is 0.256. The molecule has 2 aromatic carbocycles. The van der Waals surface area contributed by atoms with Gasteiger partial charge in [-0.25, -0.2) is 5.48 Å². The molecule has 0 amide bonds. The summed E-state index contributed by atoms with van der Waals surface area (Å²) in [5.74, 6) is -0.156. The number of hydrogen-bond donors (Lipinski definition) is 4. The maximum atomic E-state index is 10.5. The second kappa shape index (κ2) is 9.89. The molecule has 0 heterocycles. The smallest absolute Gasteiger partial charge is 0.294 e. The van der Waals surface area contributed by atoms with Crippen molar-refractivity contribution in [3.63, 3.8) is 0 Å². The van der Waals surface area contributed by atoms with Crippen LogP contribution in [-0.2, 0) is 10.1 Å². The Morgan fingerprint density at radius 3 is 2.40 bits per heavy atom. The largest absolute Gasteiger partial charge is 0.367 e. The first-order valence-corrected chi connectivity index (χ1v) is 9.02. The minimum Gasteiger partial charge on any atom is -0.367 e. The normalized spacial score (nSPS) is 11.8. The summed E-state index contributed by atoms with van der Waals surface area (Å²) < 4.78 is 30.5. The molecule has 0 fully saturated rings. The van der Waals surface area contributed by atoms with Crippen LogP contribution in [0, 0.1) is 6.92 Å². The van der Waals surface area contributed by atoms with Crippen LogP contribution in [0.3, 0.4) is 0 Å². The molecule has 25 heavy (non-hydrogen) atoms.